The minimum absolute atomic E-state index is 0. The van der Waals surface area contributed by atoms with Gasteiger partial charge in [0.15, 0.2) is 0 Å². The van der Waals surface area contributed by atoms with E-state index in [0.29, 0.717) is 55.2 Å². The molecule has 9 atom stereocenters. The number of aromatic nitrogens is 3. The Labute approximate surface area is 793 Å². The van der Waals surface area contributed by atoms with E-state index in [1.165, 1.54) is 0 Å². The topological polar surface area (TPSA) is 464 Å². The SMILES string of the molecule is CC(C)C[C@H](NC(CCCc1ccccc1)P(=O)(O)O)C(=O)N[C@@H](Cc1c[nH]c2ccccc12)C(=O)[O-].CC(C)C[C@H](NC(CCCc1ccccc1)P(=O)(O)O)C(=O)N[C@@H](Cc1c[nH]c2ccccc12)C(=O)[O-].CC(C)C[C@H](NC(CCCc1ccccc1)P(=O)(O)O)C(=O)N[C@@H](Cc1c[nH]c2ccccc12)C(=O)[O-].[K+].[K+].[K+]. The molecule has 0 saturated carbocycles. The Morgan fingerprint density at radius 1 is 0.342 bits per heavy atom. The number of amides is 3. The van der Waals surface area contributed by atoms with Crippen molar-refractivity contribution in [3.63, 3.8) is 0 Å². The Morgan fingerprint density at radius 3 is 0.772 bits per heavy atom. The van der Waals surface area contributed by atoms with Crippen molar-refractivity contribution < 1.29 is 241 Å². The number of H-pyrrole nitrogens is 3. The number of benzene rings is 6. The summed E-state index contributed by atoms with van der Waals surface area (Å²) >= 11 is 0. The maximum absolute atomic E-state index is 13.2. The van der Waals surface area contributed by atoms with Gasteiger partial charge >= 0.3 is 177 Å². The van der Waals surface area contributed by atoms with Crippen molar-refractivity contribution in [3.05, 3.63) is 216 Å². The first-order valence-corrected chi connectivity index (χ1v) is 42.4. The number of hydrogen-bond donors (Lipinski definition) is 15. The van der Waals surface area contributed by atoms with Gasteiger partial charge in [-0.25, -0.2) is 0 Å². The maximum Gasteiger partial charge on any atom is 1.00 e. The summed E-state index contributed by atoms with van der Waals surface area (Å²) in [6.07, 6.45) is 9.82. The molecule has 0 aliphatic carbocycles. The molecule has 0 saturated heterocycles. The number of carboxylic acids is 3. The van der Waals surface area contributed by atoms with Crippen molar-refractivity contribution in [3.8, 4) is 0 Å². The number of rotatable bonds is 42. The van der Waals surface area contributed by atoms with Crippen LogP contribution in [0.15, 0.2) is 182 Å². The molecule has 0 aliphatic heterocycles. The first-order chi connectivity index (χ1) is 52.6. The van der Waals surface area contributed by atoms with E-state index < -0.39 is 112 Å². The van der Waals surface area contributed by atoms with Gasteiger partial charge in [0.2, 0.25) is 17.7 Å². The van der Waals surface area contributed by atoms with Crippen LogP contribution in [-0.4, -0.2) is 134 Å². The van der Waals surface area contributed by atoms with E-state index in [-0.39, 0.29) is 230 Å². The molecular formula is C81H105K3N9O18P3. The van der Waals surface area contributed by atoms with Crippen LogP contribution in [0.4, 0.5) is 0 Å². The summed E-state index contributed by atoms with van der Waals surface area (Å²) in [5.74, 6) is -9.87. The molecule has 3 aromatic heterocycles. The zero-order valence-corrected chi connectivity index (χ0v) is 78.3. The van der Waals surface area contributed by atoms with Crippen molar-refractivity contribution in [2.45, 2.75) is 191 Å². The van der Waals surface area contributed by atoms with Crippen LogP contribution in [0.2, 0.25) is 0 Å². The van der Waals surface area contributed by atoms with E-state index in [9.17, 15) is 87.1 Å². The van der Waals surface area contributed by atoms with Gasteiger partial charge in [-0.2, -0.15) is 0 Å². The van der Waals surface area contributed by atoms with Crippen LogP contribution in [0.25, 0.3) is 32.7 Å². The molecule has 15 N–H and O–H groups in total. The minimum Gasteiger partial charge on any atom is -0.548 e. The van der Waals surface area contributed by atoms with Crippen LogP contribution in [0.3, 0.4) is 0 Å². The normalized spacial score (nSPS) is 14.0. The largest absolute Gasteiger partial charge is 1.00 e. The molecular weight excluding hydrogens is 1600 g/mol. The fraction of sp³-hybridized carbons (Fsp3) is 0.407. The predicted octanol–water partition coefficient (Wildman–Crippen LogP) is -1.56. The maximum atomic E-state index is 13.2. The quantitative estimate of drug-likeness (QED) is 0.0152. The average molecular weight is 1700 g/mol. The van der Waals surface area contributed by atoms with E-state index >= 15 is 0 Å². The smallest absolute Gasteiger partial charge is 0.548 e. The van der Waals surface area contributed by atoms with Gasteiger partial charge in [0.25, 0.3) is 0 Å². The molecule has 3 unspecified atom stereocenters. The molecule has 0 radical (unpaired) electrons. The van der Waals surface area contributed by atoms with Gasteiger partial charge in [0.1, 0.15) is 17.3 Å². The summed E-state index contributed by atoms with van der Waals surface area (Å²) in [7, 11) is -13.8. The molecule has 27 nitrogen and oxygen atoms in total. The Hall–Kier alpha value is -4.00. The van der Waals surface area contributed by atoms with Gasteiger partial charge in [-0.3, -0.25) is 44.0 Å². The first-order valence-electron chi connectivity index (χ1n) is 37.4. The first kappa shape index (κ1) is 102. The van der Waals surface area contributed by atoms with E-state index in [0.717, 1.165) is 49.4 Å². The third kappa shape index (κ3) is 35.0. The predicted molar refractivity (Wildman–Crippen MR) is 422 cm³/mol. The summed E-state index contributed by atoms with van der Waals surface area (Å²) < 4.78 is 36.8. The summed E-state index contributed by atoms with van der Waals surface area (Å²) in [4.78, 5) is 145. The summed E-state index contributed by atoms with van der Waals surface area (Å²) in [6.45, 7) is 11.3. The fourth-order valence-corrected chi connectivity index (χ4v) is 16.0. The zero-order chi connectivity index (χ0) is 81.0. The van der Waals surface area contributed by atoms with Gasteiger partial charge in [-0.1, -0.05) is 187 Å². The summed E-state index contributed by atoms with van der Waals surface area (Å²) in [6, 6.07) is 44.2. The number of carbonyl (C=O) groups excluding carboxylic acids is 6. The van der Waals surface area contributed by atoms with Crippen molar-refractivity contribution in [1.82, 2.24) is 46.9 Å². The van der Waals surface area contributed by atoms with Crippen molar-refractivity contribution in [2.24, 2.45) is 17.8 Å². The molecule has 9 aromatic rings. The van der Waals surface area contributed by atoms with Crippen LogP contribution < -0.4 is 201 Å². The number of hydrogen-bond acceptors (Lipinski definition) is 15. The Kier molecular flexibility index (Phi) is 45.7. The Bertz CT molecular complexity index is 4140. The second kappa shape index (κ2) is 50.9. The van der Waals surface area contributed by atoms with Gasteiger partial charge in [0.05, 0.1) is 54.2 Å². The van der Waals surface area contributed by atoms with Crippen molar-refractivity contribution in [2.75, 3.05) is 0 Å². The minimum atomic E-state index is -4.59. The Balaban J connectivity index is 0.000000356. The average Bonchev–Trinajstić information content (AvgIpc) is 1.70. The van der Waals surface area contributed by atoms with Crippen LogP contribution in [-0.2, 0) is 81.0 Å². The van der Waals surface area contributed by atoms with E-state index in [4.69, 9.17) is 0 Å². The molecule has 6 aromatic carbocycles. The molecule has 0 bridgehead atoms. The van der Waals surface area contributed by atoms with Gasteiger partial charge in [-0.05, 0) is 146 Å². The number of carbonyl (C=O) groups is 6. The van der Waals surface area contributed by atoms with Crippen LogP contribution >= 0.6 is 22.8 Å². The van der Waals surface area contributed by atoms with E-state index in [2.05, 4.69) is 46.9 Å². The fourth-order valence-electron chi connectivity index (χ4n) is 13.3. The number of para-hydroxylation sites is 3. The molecule has 0 aliphatic rings. The number of aryl methyl sites for hydroxylation is 3. The molecule has 600 valence electrons. The second-order valence-corrected chi connectivity index (χ2v) is 34.7. The van der Waals surface area contributed by atoms with Crippen molar-refractivity contribution >= 4 is 91.1 Å². The number of aliphatic carboxylic acids is 3. The zero-order valence-electron chi connectivity index (χ0n) is 66.3. The van der Waals surface area contributed by atoms with Gasteiger partial charge in [-0.15, -0.1) is 0 Å². The number of aromatic amines is 3. The van der Waals surface area contributed by atoms with Crippen LogP contribution in [0, 0.1) is 17.8 Å². The molecule has 0 spiro atoms. The van der Waals surface area contributed by atoms with E-state index in [1.807, 2.05) is 205 Å². The molecule has 114 heavy (non-hydrogen) atoms. The monoisotopic (exact) mass is 1700 g/mol. The second-order valence-electron chi connectivity index (χ2n) is 29.3. The number of carboxylic acid groups (broad SMARTS) is 3. The van der Waals surface area contributed by atoms with Gasteiger partial charge in [0, 0.05) is 70.6 Å². The summed E-state index contributed by atoms with van der Waals surface area (Å²) in [5, 5.41) is 54.4. The van der Waals surface area contributed by atoms with Crippen LogP contribution in [0.5, 0.6) is 0 Å². The molecule has 9 rings (SSSR count). The third-order valence-corrected chi connectivity index (χ3v) is 22.6. The summed E-state index contributed by atoms with van der Waals surface area (Å²) in [5.41, 5.74) is 7.85. The number of fused-ring (bicyclic) bond motifs is 3. The van der Waals surface area contributed by atoms with Gasteiger partial charge < -0.3 is 90.0 Å². The number of nitrogens with one attached hydrogen (secondary N) is 9. The van der Waals surface area contributed by atoms with E-state index in [1.54, 1.807) is 18.6 Å². The third-order valence-electron chi connectivity index (χ3n) is 18.9. The molecule has 3 heterocycles. The molecule has 0 fully saturated rings. The Morgan fingerprint density at radius 2 is 0.561 bits per heavy atom. The van der Waals surface area contributed by atoms with Crippen molar-refractivity contribution in [1.29, 1.82) is 0 Å². The molecule has 33 heteroatoms. The van der Waals surface area contributed by atoms with Crippen LogP contribution in [0.1, 0.15) is 133 Å². The molecule has 3 amide bonds. The standard InChI is InChI=1S/3C27H36N3O6P.3K/c3*1-18(2)15-23(29-25(37(34,35)36)14-8-11-19-9-4-3-5-10-19)26(31)30-24(27(32)33)16-20-17-28-22-13-7-6-12-21(20)22;;;/h3*3-7,9-10,12-13,17-18,23-25,28-29H,8,11,14-16H2,1-2H3,(H,30,31)(H,32,33)(H2,34,35,36);;;/q;;;3*+1/p-3/t3*23-,24-,25?;;;/m000.../s1.